The molecule has 2 heterocycles. The summed E-state index contributed by atoms with van der Waals surface area (Å²) in [6.07, 6.45) is 12.3. The van der Waals surface area contributed by atoms with Gasteiger partial charge in [0, 0.05) is 28.8 Å². The highest BCUT2D eigenvalue weighted by molar-refractivity contribution is 5.54. The summed E-state index contributed by atoms with van der Waals surface area (Å²) < 4.78 is 0. The molecule has 3 aliphatic rings. The number of terminal acetylenes is 1. The van der Waals surface area contributed by atoms with E-state index in [0.717, 1.165) is 36.2 Å². The molecule has 2 aromatic heterocycles. The van der Waals surface area contributed by atoms with Gasteiger partial charge in [-0.25, -0.2) is 0 Å². The number of aromatic nitrogens is 2. The molecule has 21 heavy (non-hydrogen) atoms. The molecule has 2 bridgehead atoms. The molecule has 3 aliphatic carbocycles. The Balaban J connectivity index is 1.51. The van der Waals surface area contributed by atoms with Crippen LogP contribution in [0, 0.1) is 35.0 Å². The summed E-state index contributed by atoms with van der Waals surface area (Å²) in [5, 5.41) is 0. The average Bonchev–Trinajstić information content (AvgIpc) is 2.46. The second-order valence-corrected chi connectivity index (χ2v) is 6.13. The van der Waals surface area contributed by atoms with Gasteiger partial charge in [0.15, 0.2) is 0 Å². The molecule has 5 rings (SSSR count). The fourth-order valence-corrected chi connectivity index (χ4v) is 3.41. The third-order valence-electron chi connectivity index (χ3n) is 4.50. The minimum atomic E-state index is 0.190. The first kappa shape index (κ1) is 12.2. The van der Waals surface area contributed by atoms with Gasteiger partial charge in [-0.3, -0.25) is 9.97 Å². The maximum atomic E-state index is 5.53. The van der Waals surface area contributed by atoms with Crippen LogP contribution in [0.4, 0.5) is 0 Å². The molecule has 0 N–H and O–H groups in total. The lowest BCUT2D eigenvalue weighted by Crippen LogP contribution is -2.59. The Morgan fingerprint density at radius 3 is 2.38 bits per heavy atom. The second-order valence-electron chi connectivity index (χ2n) is 6.13. The molecule has 0 radical (unpaired) electrons. The Labute approximate surface area is 124 Å². The predicted octanol–water partition coefficient (Wildman–Crippen LogP) is 3.30. The van der Waals surface area contributed by atoms with Crippen LogP contribution < -0.4 is 0 Å². The average molecular weight is 270 g/mol. The highest BCUT2D eigenvalue weighted by Gasteiger charge is 2.66. The fraction of sp³-hybridized carbons (Fsp3) is 0.263. The van der Waals surface area contributed by atoms with Gasteiger partial charge in [-0.05, 0) is 43.5 Å². The molecule has 0 aliphatic heterocycles. The first-order valence-electron chi connectivity index (χ1n) is 7.11. The van der Waals surface area contributed by atoms with Gasteiger partial charge in [-0.1, -0.05) is 23.8 Å². The standard InChI is InChI=1S/C19H14N2/c1-2-18-12-19(13-18,14-18)9-8-15-6-7-17(21-11-15)16-5-3-4-10-20-16/h1,3-7,10-11H,12-14H2. The maximum absolute atomic E-state index is 5.53. The van der Waals surface area contributed by atoms with Gasteiger partial charge >= 0.3 is 0 Å². The third-order valence-corrected chi connectivity index (χ3v) is 4.50. The van der Waals surface area contributed by atoms with E-state index in [1.54, 1.807) is 6.20 Å². The number of hydrogen-bond acceptors (Lipinski definition) is 2. The molecule has 0 atom stereocenters. The molecule has 3 saturated carbocycles. The zero-order valence-corrected chi connectivity index (χ0v) is 11.6. The Morgan fingerprint density at radius 1 is 0.952 bits per heavy atom. The largest absolute Gasteiger partial charge is 0.255 e. The van der Waals surface area contributed by atoms with Crippen molar-refractivity contribution in [3.8, 4) is 35.6 Å². The summed E-state index contributed by atoms with van der Waals surface area (Å²) >= 11 is 0. The quantitative estimate of drug-likeness (QED) is 0.743. The van der Waals surface area contributed by atoms with Gasteiger partial charge in [0.2, 0.25) is 0 Å². The smallest absolute Gasteiger partial charge is 0.0887 e. The van der Waals surface area contributed by atoms with E-state index >= 15 is 0 Å². The maximum Gasteiger partial charge on any atom is 0.0887 e. The third kappa shape index (κ3) is 1.92. The van der Waals surface area contributed by atoms with Crippen LogP contribution in [0.25, 0.3) is 11.4 Å². The van der Waals surface area contributed by atoms with E-state index in [0.29, 0.717) is 0 Å². The minimum Gasteiger partial charge on any atom is -0.255 e. The first-order chi connectivity index (χ1) is 10.2. The van der Waals surface area contributed by atoms with Gasteiger partial charge in [-0.15, -0.1) is 6.42 Å². The molecule has 0 amide bonds. The fourth-order valence-electron chi connectivity index (χ4n) is 3.41. The molecule has 2 aromatic rings. The monoisotopic (exact) mass is 270 g/mol. The van der Waals surface area contributed by atoms with Crippen molar-refractivity contribution >= 4 is 0 Å². The molecule has 0 spiro atoms. The van der Waals surface area contributed by atoms with E-state index in [4.69, 9.17) is 6.42 Å². The summed E-state index contributed by atoms with van der Waals surface area (Å²) in [5.74, 6) is 9.54. The molecular formula is C19H14N2. The van der Waals surface area contributed by atoms with Crippen LogP contribution in [-0.2, 0) is 0 Å². The highest BCUT2D eigenvalue weighted by atomic mass is 14.8. The molecule has 0 unspecified atom stereocenters. The molecule has 0 aromatic carbocycles. The lowest BCUT2D eigenvalue weighted by atomic mass is 9.36. The van der Waals surface area contributed by atoms with E-state index in [1.165, 1.54) is 0 Å². The Morgan fingerprint density at radius 2 is 1.76 bits per heavy atom. The van der Waals surface area contributed by atoms with Crippen molar-refractivity contribution in [3.05, 3.63) is 48.3 Å². The van der Waals surface area contributed by atoms with Crippen LogP contribution in [0.15, 0.2) is 42.7 Å². The summed E-state index contributed by atoms with van der Waals surface area (Å²) in [5.41, 5.74) is 3.10. The normalized spacial score (nSPS) is 28.3. The van der Waals surface area contributed by atoms with Crippen molar-refractivity contribution in [3.63, 3.8) is 0 Å². The lowest BCUT2D eigenvalue weighted by molar-refractivity contribution is -0.113. The summed E-state index contributed by atoms with van der Waals surface area (Å²) in [4.78, 5) is 8.73. The highest BCUT2D eigenvalue weighted by Crippen LogP contribution is 2.72. The van der Waals surface area contributed by atoms with E-state index in [1.807, 2.05) is 36.5 Å². The summed E-state index contributed by atoms with van der Waals surface area (Å²) in [6, 6.07) is 9.79. The van der Waals surface area contributed by atoms with Gasteiger partial charge < -0.3 is 0 Å². The minimum absolute atomic E-state index is 0.190. The van der Waals surface area contributed by atoms with Crippen LogP contribution in [0.2, 0.25) is 0 Å². The Bertz CT molecular complexity index is 766. The topological polar surface area (TPSA) is 25.8 Å². The summed E-state index contributed by atoms with van der Waals surface area (Å²) in [6.45, 7) is 0. The van der Waals surface area contributed by atoms with Crippen LogP contribution >= 0.6 is 0 Å². The Kier molecular flexibility index (Phi) is 2.44. The van der Waals surface area contributed by atoms with Crippen molar-refractivity contribution in [2.45, 2.75) is 19.3 Å². The van der Waals surface area contributed by atoms with Crippen molar-refractivity contribution < 1.29 is 0 Å². The van der Waals surface area contributed by atoms with Crippen molar-refractivity contribution in [1.29, 1.82) is 0 Å². The van der Waals surface area contributed by atoms with E-state index in [2.05, 4.69) is 27.7 Å². The van der Waals surface area contributed by atoms with Gasteiger partial charge in [0.25, 0.3) is 0 Å². The second kappa shape index (κ2) is 4.21. The van der Waals surface area contributed by atoms with Crippen LogP contribution in [0.1, 0.15) is 24.8 Å². The molecule has 2 heteroatoms. The zero-order chi connectivity index (χ0) is 14.3. The Hall–Kier alpha value is -2.58. The van der Waals surface area contributed by atoms with Gasteiger partial charge in [0.1, 0.15) is 0 Å². The van der Waals surface area contributed by atoms with Crippen LogP contribution in [0.3, 0.4) is 0 Å². The SMILES string of the molecule is C#CC12CC(C#Cc3ccc(-c4ccccn4)nc3)(C1)C2. The molecular weight excluding hydrogens is 256 g/mol. The molecule has 3 fully saturated rings. The van der Waals surface area contributed by atoms with Crippen molar-refractivity contribution in [2.24, 2.45) is 10.8 Å². The van der Waals surface area contributed by atoms with E-state index in [9.17, 15) is 0 Å². The lowest BCUT2D eigenvalue weighted by Gasteiger charge is -2.65. The summed E-state index contributed by atoms with van der Waals surface area (Å²) in [7, 11) is 0. The van der Waals surface area contributed by atoms with Crippen molar-refractivity contribution in [2.75, 3.05) is 0 Å². The predicted molar refractivity (Wildman–Crippen MR) is 81.9 cm³/mol. The number of rotatable bonds is 1. The molecule has 100 valence electrons. The number of nitrogens with zero attached hydrogens (tertiary/aromatic N) is 2. The van der Waals surface area contributed by atoms with E-state index in [-0.39, 0.29) is 10.8 Å². The zero-order valence-electron chi connectivity index (χ0n) is 11.6. The number of pyridine rings is 2. The van der Waals surface area contributed by atoms with Crippen LogP contribution in [0.5, 0.6) is 0 Å². The number of hydrogen-bond donors (Lipinski definition) is 0. The van der Waals surface area contributed by atoms with Gasteiger partial charge in [-0.2, -0.15) is 0 Å². The van der Waals surface area contributed by atoms with Crippen molar-refractivity contribution in [1.82, 2.24) is 9.97 Å². The molecule has 2 nitrogen and oxygen atoms in total. The van der Waals surface area contributed by atoms with E-state index < -0.39 is 0 Å². The van der Waals surface area contributed by atoms with Gasteiger partial charge in [0.05, 0.1) is 11.4 Å². The molecule has 0 saturated heterocycles. The van der Waals surface area contributed by atoms with Crippen LogP contribution in [-0.4, -0.2) is 9.97 Å². The first-order valence-corrected chi connectivity index (χ1v) is 7.11.